The second-order valence-corrected chi connectivity index (χ2v) is 5.63. The number of ether oxygens (including phenoxy) is 1. The van der Waals surface area contributed by atoms with Crippen molar-refractivity contribution in [2.75, 3.05) is 7.11 Å². The molecule has 0 amide bonds. The first kappa shape index (κ1) is 15.0. The average molecular weight is 338 g/mol. The van der Waals surface area contributed by atoms with Gasteiger partial charge in [-0.25, -0.2) is 4.39 Å². The van der Waals surface area contributed by atoms with Gasteiger partial charge in [0.2, 0.25) is 0 Å². The lowest BCUT2D eigenvalue weighted by Gasteiger charge is -2.15. The predicted octanol–water partition coefficient (Wildman–Crippen LogP) is 4.15. The molecule has 0 aliphatic heterocycles. The molecule has 0 aliphatic rings. The Morgan fingerprint density at radius 2 is 2.00 bits per heavy atom. The molecule has 2 N–H and O–H groups in total. The van der Waals surface area contributed by atoms with Gasteiger partial charge >= 0.3 is 0 Å². The summed E-state index contributed by atoms with van der Waals surface area (Å²) in [4.78, 5) is 0. The first-order valence-corrected chi connectivity index (χ1v) is 7.14. The summed E-state index contributed by atoms with van der Waals surface area (Å²) >= 11 is 3.50. The topological polar surface area (TPSA) is 35.2 Å². The maximum Gasteiger partial charge on any atom is 0.126 e. The van der Waals surface area contributed by atoms with Crippen molar-refractivity contribution < 1.29 is 9.13 Å². The summed E-state index contributed by atoms with van der Waals surface area (Å²) in [5.41, 5.74) is 8.64. The van der Waals surface area contributed by atoms with Crippen molar-refractivity contribution in [3.05, 3.63) is 63.4 Å². The van der Waals surface area contributed by atoms with Crippen molar-refractivity contribution >= 4 is 15.9 Å². The molecule has 0 bridgehead atoms. The van der Waals surface area contributed by atoms with Crippen molar-refractivity contribution in [3.63, 3.8) is 0 Å². The summed E-state index contributed by atoms with van der Waals surface area (Å²) in [5.74, 6) is 0.563. The van der Waals surface area contributed by atoms with E-state index in [0.29, 0.717) is 12.0 Å². The number of nitrogens with two attached hydrogens (primary N) is 1. The van der Waals surface area contributed by atoms with E-state index in [9.17, 15) is 4.39 Å². The zero-order valence-corrected chi connectivity index (χ0v) is 13.1. The smallest absolute Gasteiger partial charge is 0.126 e. The Balaban J connectivity index is 2.22. The van der Waals surface area contributed by atoms with Gasteiger partial charge in [-0.15, -0.1) is 0 Å². The van der Waals surface area contributed by atoms with Gasteiger partial charge in [-0.2, -0.15) is 0 Å². The van der Waals surface area contributed by atoms with Gasteiger partial charge < -0.3 is 10.5 Å². The standard InChI is InChI=1S/C16H17BrFNO/c1-10-3-4-11(8-15(10)18)16(19)9-12-7-13(20-2)5-6-14(12)17/h3-8,16H,9,19H2,1-2H3. The van der Waals surface area contributed by atoms with E-state index in [1.807, 2.05) is 24.3 Å². The molecule has 0 fully saturated rings. The van der Waals surface area contributed by atoms with E-state index in [4.69, 9.17) is 10.5 Å². The van der Waals surface area contributed by atoms with E-state index in [1.165, 1.54) is 6.07 Å². The number of methoxy groups -OCH3 is 1. The van der Waals surface area contributed by atoms with E-state index >= 15 is 0 Å². The minimum absolute atomic E-state index is 0.220. The molecule has 0 saturated carbocycles. The zero-order chi connectivity index (χ0) is 14.7. The second-order valence-electron chi connectivity index (χ2n) is 4.78. The number of hydrogen-bond acceptors (Lipinski definition) is 2. The van der Waals surface area contributed by atoms with Crippen LogP contribution in [0.15, 0.2) is 40.9 Å². The van der Waals surface area contributed by atoms with Crippen molar-refractivity contribution in [2.45, 2.75) is 19.4 Å². The van der Waals surface area contributed by atoms with Crippen LogP contribution < -0.4 is 10.5 Å². The molecule has 2 rings (SSSR count). The fraction of sp³-hybridized carbons (Fsp3) is 0.250. The first-order chi connectivity index (χ1) is 9.51. The van der Waals surface area contributed by atoms with E-state index in [2.05, 4.69) is 15.9 Å². The molecule has 0 saturated heterocycles. The maximum atomic E-state index is 13.6. The van der Waals surface area contributed by atoms with Crippen molar-refractivity contribution in [1.29, 1.82) is 0 Å². The van der Waals surface area contributed by atoms with Crippen LogP contribution in [0.2, 0.25) is 0 Å². The molecule has 0 radical (unpaired) electrons. The van der Waals surface area contributed by atoms with Crippen LogP contribution in [-0.2, 0) is 6.42 Å². The molecule has 4 heteroatoms. The third-order valence-electron chi connectivity index (χ3n) is 3.32. The van der Waals surface area contributed by atoms with Gasteiger partial charge in [-0.05, 0) is 54.3 Å². The minimum Gasteiger partial charge on any atom is -0.497 e. The van der Waals surface area contributed by atoms with Crippen LogP contribution in [0, 0.1) is 12.7 Å². The Bertz CT molecular complexity index is 615. The van der Waals surface area contributed by atoms with E-state index in [1.54, 1.807) is 20.1 Å². The Morgan fingerprint density at radius 1 is 1.25 bits per heavy atom. The second kappa shape index (κ2) is 6.37. The number of halogens is 2. The molecule has 2 aromatic carbocycles. The quantitative estimate of drug-likeness (QED) is 0.909. The lowest BCUT2D eigenvalue weighted by Crippen LogP contribution is -2.14. The van der Waals surface area contributed by atoms with Gasteiger partial charge in [0, 0.05) is 10.5 Å². The number of aryl methyl sites for hydroxylation is 1. The lowest BCUT2D eigenvalue weighted by atomic mass is 9.98. The highest BCUT2D eigenvalue weighted by Crippen LogP contribution is 2.27. The summed E-state index contributed by atoms with van der Waals surface area (Å²) < 4.78 is 19.8. The maximum absolute atomic E-state index is 13.6. The third-order valence-corrected chi connectivity index (χ3v) is 4.09. The van der Waals surface area contributed by atoms with Crippen LogP contribution in [0.25, 0.3) is 0 Å². The van der Waals surface area contributed by atoms with E-state index in [-0.39, 0.29) is 11.9 Å². The molecule has 2 aromatic rings. The van der Waals surface area contributed by atoms with E-state index < -0.39 is 0 Å². The lowest BCUT2D eigenvalue weighted by molar-refractivity contribution is 0.414. The first-order valence-electron chi connectivity index (χ1n) is 6.35. The summed E-state index contributed by atoms with van der Waals surface area (Å²) in [6.45, 7) is 1.74. The average Bonchev–Trinajstić information content (AvgIpc) is 2.44. The molecule has 2 nitrogen and oxygen atoms in total. The van der Waals surface area contributed by atoms with Crippen LogP contribution in [0.4, 0.5) is 4.39 Å². The van der Waals surface area contributed by atoms with Crippen molar-refractivity contribution in [3.8, 4) is 5.75 Å². The van der Waals surface area contributed by atoms with Gasteiger partial charge in [-0.3, -0.25) is 0 Å². The van der Waals surface area contributed by atoms with Crippen molar-refractivity contribution in [2.24, 2.45) is 5.73 Å². The fourth-order valence-electron chi connectivity index (χ4n) is 2.03. The van der Waals surface area contributed by atoms with Gasteiger partial charge in [0.1, 0.15) is 11.6 Å². The number of rotatable bonds is 4. The normalized spacial score (nSPS) is 12.2. The molecule has 1 unspecified atom stereocenters. The van der Waals surface area contributed by atoms with Gasteiger partial charge in [0.25, 0.3) is 0 Å². The SMILES string of the molecule is COc1ccc(Br)c(CC(N)c2ccc(C)c(F)c2)c1. The zero-order valence-electron chi connectivity index (χ0n) is 11.5. The summed E-state index contributed by atoms with van der Waals surface area (Å²) in [6.07, 6.45) is 0.611. The van der Waals surface area contributed by atoms with E-state index in [0.717, 1.165) is 21.3 Å². The molecule has 1 atom stereocenters. The van der Waals surface area contributed by atoms with Crippen LogP contribution >= 0.6 is 15.9 Å². The monoisotopic (exact) mass is 337 g/mol. The Labute approximate surface area is 126 Å². The van der Waals surface area contributed by atoms with Gasteiger partial charge in [0.05, 0.1) is 7.11 Å². The van der Waals surface area contributed by atoms with Crippen molar-refractivity contribution in [1.82, 2.24) is 0 Å². The molecular weight excluding hydrogens is 321 g/mol. The molecule has 0 aromatic heterocycles. The summed E-state index contributed by atoms with van der Waals surface area (Å²) in [6, 6.07) is 10.6. The highest BCUT2D eigenvalue weighted by atomic mass is 79.9. The number of hydrogen-bond donors (Lipinski definition) is 1. The molecular formula is C16H17BrFNO. The largest absolute Gasteiger partial charge is 0.497 e. The van der Waals surface area contributed by atoms with Crippen LogP contribution in [0.3, 0.4) is 0 Å². The number of benzene rings is 2. The summed E-state index contributed by atoms with van der Waals surface area (Å²) in [7, 11) is 1.63. The van der Waals surface area contributed by atoms with Gasteiger partial charge in [-0.1, -0.05) is 28.1 Å². The Hall–Kier alpha value is -1.39. The highest BCUT2D eigenvalue weighted by Gasteiger charge is 2.12. The third kappa shape index (κ3) is 3.38. The molecule has 0 aliphatic carbocycles. The fourth-order valence-corrected chi connectivity index (χ4v) is 2.44. The summed E-state index contributed by atoms with van der Waals surface area (Å²) in [5, 5.41) is 0. The Morgan fingerprint density at radius 3 is 2.65 bits per heavy atom. The van der Waals surface area contributed by atoms with Gasteiger partial charge in [0.15, 0.2) is 0 Å². The van der Waals surface area contributed by atoms with Crippen LogP contribution in [0.1, 0.15) is 22.7 Å². The molecule has 20 heavy (non-hydrogen) atoms. The van der Waals surface area contributed by atoms with Crippen LogP contribution in [0.5, 0.6) is 5.75 Å². The molecule has 106 valence electrons. The Kier molecular flexibility index (Phi) is 4.78. The minimum atomic E-state index is -0.256. The molecule has 0 spiro atoms. The molecule has 0 heterocycles. The highest BCUT2D eigenvalue weighted by molar-refractivity contribution is 9.10. The van der Waals surface area contributed by atoms with Crippen LogP contribution in [-0.4, -0.2) is 7.11 Å². The predicted molar refractivity (Wildman–Crippen MR) is 82.5 cm³/mol.